The monoisotopic (exact) mass is 360 g/mol. The first-order valence-electron chi connectivity index (χ1n) is 9.66. The number of carboxylic acid groups (broad SMARTS) is 1. The van der Waals surface area contributed by atoms with Crippen LogP contribution in [0.25, 0.3) is 10.9 Å². The molecule has 4 nitrogen and oxygen atoms in total. The lowest BCUT2D eigenvalue weighted by Crippen LogP contribution is -2.27. The SMILES string of the molecule is Cc1cc(C)c2[nH]ccc2c1CN1CC2CC2[C@@H]1c1ccc(C(=O)O)cc1. The Morgan fingerprint density at radius 3 is 2.70 bits per heavy atom. The molecule has 1 aliphatic carbocycles. The van der Waals surface area contributed by atoms with Crippen molar-refractivity contribution in [1.29, 1.82) is 0 Å². The molecule has 1 saturated carbocycles. The molecule has 4 heteroatoms. The first kappa shape index (κ1) is 16.6. The zero-order valence-corrected chi connectivity index (χ0v) is 15.7. The zero-order chi connectivity index (χ0) is 18.7. The van der Waals surface area contributed by atoms with Gasteiger partial charge in [0.15, 0.2) is 0 Å². The van der Waals surface area contributed by atoms with Gasteiger partial charge in [0, 0.05) is 36.2 Å². The molecule has 2 fully saturated rings. The lowest BCUT2D eigenvalue weighted by atomic mass is 9.97. The molecule has 3 aromatic rings. The van der Waals surface area contributed by atoms with Gasteiger partial charge in [-0.3, -0.25) is 4.90 Å². The van der Waals surface area contributed by atoms with Crippen LogP contribution in [0.15, 0.2) is 42.6 Å². The number of piperidine rings is 1. The first-order valence-corrected chi connectivity index (χ1v) is 9.66. The number of hydrogen-bond donors (Lipinski definition) is 2. The lowest BCUT2D eigenvalue weighted by molar-refractivity contribution is 0.0697. The third kappa shape index (κ3) is 2.67. The summed E-state index contributed by atoms with van der Waals surface area (Å²) in [6.45, 7) is 6.45. The van der Waals surface area contributed by atoms with E-state index in [9.17, 15) is 4.79 Å². The minimum atomic E-state index is -0.862. The van der Waals surface area contributed by atoms with E-state index in [1.165, 1.54) is 39.6 Å². The predicted octanol–water partition coefficient (Wildman–Crippen LogP) is 4.68. The number of benzene rings is 2. The third-order valence-electron chi connectivity index (χ3n) is 6.48. The van der Waals surface area contributed by atoms with Crippen LogP contribution < -0.4 is 0 Å². The number of hydrogen-bond acceptors (Lipinski definition) is 2. The van der Waals surface area contributed by atoms with E-state index in [2.05, 4.69) is 35.9 Å². The molecule has 3 atom stereocenters. The molecule has 1 aliphatic heterocycles. The Morgan fingerprint density at radius 2 is 1.96 bits per heavy atom. The molecule has 27 heavy (non-hydrogen) atoms. The fourth-order valence-electron chi connectivity index (χ4n) is 5.05. The average Bonchev–Trinajstić information content (AvgIpc) is 3.07. The molecule has 0 bridgehead atoms. The van der Waals surface area contributed by atoms with E-state index >= 15 is 0 Å². The van der Waals surface area contributed by atoms with Gasteiger partial charge >= 0.3 is 5.97 Å². The molecule has 2 aromatic carbocycles. The maximum Gasteiger partial charge on any atom is 0.335 e. The first-order chi connectivity index (χ1) is 13.0. The van der Waals surface area contributed by atoms with Crippen LogP contribution in [-0.4, -0.2) is 27.5 Å². The zero-order valence-electron chi connectivity index (χ0n) is 15.7. The van der Waals surface area contributed by atoms with Crippen molar-refractivity contribution in [2.24, 2.45) is 11.8 Å². The summed E-state index contributed by atoms with van der Waals surface area (Å²) in [6.07, 6.45) is 3.33. The van der Waals surface area contributed by atoms with E-state index in [0.29, 0.717) is 17.5 Å². The fourth-order valence-corrected chi connectivity index (χ4v) is 5.05. The summed E-state index contributed by atoms with van der Waals surface area (Å²) in [6, 6.07) is 12.4. The Balaban J connectivity index is 1.48. The molecule has 1 aromatic heterocycles. The standard InChI is InChI=1S/C23H24N2O2/c1-13-9-14(2)21-18(7-8-24-21)20(13)12-25-11-17-10-19(17)22(25)15-3-5-16(6-4-15)23(26)27/h3-9,17,19,22,24H,10-12H2,1-2H3,(H,26,27)/t17?,19?,22-/m0/s1. The summed E-state index contributed by atoms with van der Waals surface area (Å²) in [7, 11) is 0. The largest absolute Gasteiger partial charge is 0.478 e. The quantitative estimate of drug-likeness (QED) is 0.710. The molecule has 5 rings (SSSR count). The number of aromatic nitrogens is 1. The molecule has 2 N–H and O–H groups in total. The summed E-state index contributed by atoms with van der Waals surface area (Å²) in [4.78, 5) is 17.1. The van der Waals surface area contributed by atoms with Gasteiger partial charge in [0.1, 0.15) is 0 Å². The van der Waals surface area contributed by atoms with E-state index < -0.39 is 5.97 Å². The number of likely N-dealkylation sites (tertiary alicyclic amines) is 1. The van der Waals surface area contributed by atoms with Gasteiger partial charge in [0.25, 0.3) is 0 Å². The van der Waals surface area contributed by atoms with Gasteiger partial charge in [-0.2, -0.15) is 0 Å². The van der Waals surface area contributed by atoms with Crippen molar-refractivity contribution >= 4 is 16.9 Å². The van der Waals surface area contributed by atoms with Crippen LogP contribution in [0.5, 0.6) is 0 Å². The molecule has 2 aliphatic rings. The summed E-state index contributed by atoms with van der Waals surface area (Å²) in [5.74, 6) is 0.647. The molecule has 2 unspecified atom stereocenters. The second kappa shape index (κ2) is 5.96. The summed E-state index contributed by atoms with van der Waals surface area (Å²) < 4.78 is 0. The van der Waals surface area contributed by atoms with Crippen molar-refractivity contribution < 1.29 is 9.90 Å². The maximum absolute atomic E-state index is 11.2. The highest BCUT2D eigenvalue weighted by Crippen LogP contribution is 2.57. The summed E-state index contributed by atoms with van der Waals surface area (Å²) in [5.41, 5.74) is 6.90. The van der Waals surface area contributed by atoms with E-state index in [0.717, 1.165) is 19.0 Å². The fraction of sp³-hybridized carbons (Fsp3) is 0.348. The van der Waals surface area contributed by atoms with Crippen LogP contribution in [0.1, 0.15) is 45.1 Å². The minimum Gasteiger partial charge on any atom is -0.478 e. The molecule has 1 saturated heterocycles. The minimum absolute atomic E-state index is 0.360. The number of nitrogens with one attached hydrogen (secondary N) is 1. The normalized spacial score (nSPS) is 24.3. The highest BCUT2D eigenvalue weighted by molar-refractivity contribution is 5.88. The highest BCUT2D eigenvalue weighted by Gasteiger charge is 2.52. The van der Waals surface area contributed by atoms with Crippen molar-refractivity contribution in [1.82, 2.24) is 9.88 Å². The van der Waals surface area contributed by atoms with Crippen molar-refractivity contribution in [3.05, 3.63) is 70.4 Å². The number of H-pyrrole nitrogens is 1. The molecule has 0 amide bonds. The Morgan fingerprint density at radius 1 is 1.19 bits per heavy atom. The molecule has 0 radical (unpaired) electrons. The van der Waals surface area contributed by atoms with Gasteiger partial charge in [-0.1, -0.05) is 18.2 Å². The molecule has 2 heterocycles. The molecule has 138 valence electrons. The van der Waals surface area contributed by atoms with E-state index in [1.807, 2.05) is 18.3 Å². The van der Waals surface area contributed by atoms with Crippen LogP contribution in [0.2, 0.25) is 0 Å². The number of nitrogens with zero attached hydrogens (tertiary/aromatic N) is 1. The summed E-state index contributed by atoms with van der Waals surface area (Å²) in [5, 5.41) is 10.5. The Labute approximate surface area is 158 Å². The number of aryl methyl sites for hydroxylation is 2. The van der Waals surface area contributed by atoms with Crippen molar-refractivity contribution in [3.8, 4) is 0 Å². The van der Waals surface area contributed by atoms with Gasteiger partial charge in [-0.15, -0.1) is 0 Å². The lowest BCUT2D eigenvalue weighted by Gasteiger charge is -2.29. The number of carboxylic acids is 1. The van der Waals surface area contributed by atoms with Crippen LogP contribution in [0.3, 0.4) is 0 Å². The Bertz CT molecular complexity index is 1030. The summed E-state index contributed by atoms with van der Waals surface area (Å²) >= 11 is 0. The number of fused-ring (bicyclic) bond motifs is 2. The number of aromatic carboxylic acids is 1. The van der Waals surface area contributed by atoms with Gasteiger partial charge in [-0.05, 0) is 72.6 Å². The van der Waals surface area contributed by atoms with E-state index in [4.69, 9.17) is 5.11 Å². The number of carbonyl (C=O) groups is 1. The van der Waals surface area contributed by atoms with Gasteiger partial charge in [-0.25, -0.2) is 4.79 Å². The van der Waals surface area contributed by atoms with E-state index in [-0.39, 0.29) is 0 Å². The van der Waals surface area contributed by atoms with Crippen LogP contribution in [-0.2, 0) is 6.54 Å². The third-order valence-corrected chi connectivity index (χ3v) is 6.48. The van der Waals surface area contributed by atoms with Gasteiger partial charge in [0.05, 0.1) is 5.56 Å². The van der Waals surface area contributed by atoms with E-state index in [1.54, 1.807) is 12.1 Å². The van der Waals surface area contributed by atoms with Gasteiger partial charge in [0.2, 0.25) is 0 Å². The molecule has 0 spiro atoms. The van der Waals surface area contributed by atoms with Crippen molar-refractivity contribution in [3.63, 3.8) is 0 Å². The Hall–Kier alpha value is -2.59. The predicted molar refractivity (Wildman–Crippen MR) is 106 cm³/mol. The smallest absolute Gasteiger partial charge is 0.335 e. The topological polar surface area (TPSA) is 56.3 Å². The Kier molecular flexibility index (Phi) is 3.66. The second-order valence-electron chi connectivity index (χ2n) is 8.22. The van der Waals surface area contributed by atoms with Gasteiger partial charge < -0.3 is 10.1 Å². The number of aromatic amines is 1. The van der Waals surface area contributed by atoms with Crippen LogP contribution in [0, 0.1) is 25.7 Å². The highest BCUT2D eigenvalue weighted by atomic mass is 16.4. The molecular weight excluding hydrogens is 336 g/mol. The van der Waals surface area contributed by atoms with Crippen LogP contribution >= 0.6 is 0 Å². The second-order valence-corrected chi connectivity index (χ2v) is 8.22. The number of rotatable bonds is 4. The van der Waals surface area contributed by atoms with Crippen molar-refractivity contribution in [2.75, 3.05) is 6.54 Å². The van der Waals surface area contributed by atoms with Crippen molar-refractivity contribution in [2.45, 2.75) is 32.9 Å². The average molecular weight is 360 g/mol. The molecular formula is C23H24N2O2. The maximum atomic E-state index is 11.2. The van der Waals surface area contributed by atoms with Crippen LogP contribution in [0.4, 0.5) is 0 Å².